The number of hydrogen-bond acceptors (Lipinski definition) is 10. The maximum Gasteiger partial charge on any atom is 0.336 e. The summed E-state index contributed by atoms with van der Waals surface area (Å²) in [5, 5.41) is 10.3. The molecule has 1 amide bonds. The number of anilines is 3. The van der Waals surface area contributed by atoms with Crippen LogP contribution in [0, 0.1) is 6.92 Å². The Hall–Kier alpha value is -3.99. The molecule has 1 aliphatic heterocycles. The Bertz CT molecular complexity index is 1310. The van der Waals surface area contributed by atoms with Crippen LogP contribution in [0.1, 0.15) is 39.4 Å². The molecule has 1 atom stereocenters. The topological polar surface area (TPSA) is 138 Å². The van der Waals surface area contributed by atoms with Crippen LogP contribution in [0.4, 0.5) is 16.5 Å². The minimum atomic E-state index is -0.601. The quantitative estimate of drug-likeness (QED) is 0.445. The Morgan fingerprint density at radius 2 is 1.88 bits per heavy atom. The van der Waals surface area contributed by atoms with Gasteiger partial charge in [-0.25, -0.2) is 4.79 Å². The second kappa shape index (κ2) is 9.10. The number of aryl methyl sites for hydroxylation is 1. The first-order chi connectivity index (χ1) is 16.3. The molecular formula is C23H24N4O6S. The van der Waals surface area contributed by atoms with E-state index in [2.05, 4.69) is 15.8 Å². The predicted molar refractivity (Wildman–Crippen MR) is 128 cm³/mol. The highest BCUT2D eigenvalue weighted by atomic mass is 32.1. The minimum Gasteiger partial charge on any atom is -0.493 e. The summed E-state index contributed by atoms with van der Waals surface area (Å²) in [4.78, 5) is 26.1. The highest BCUT2D eigenvalue weighted by Crippen LogP contribution is 2.51. The second-order valence-corrected chi connectivity index (χ2v) is 8.59. The zero-order valence-corrected chi connectivity index (χ0v) is 20.1. The second-order valence-electron chi connectivity index (χ2n) is 7.57. The van der Waals surface area contributed by atoms with E-state index in [1.54, 1.807) is 39.2 Å². The van der Waals surface area contributed by atoms with Crippen LogP contribution in [0.5, 0.6) is 11.5 Å². The van der Waals surface area contributed by atoms with Gasteiger partial charge in [-0.1, -0.05) is 11.2 Å². The molecule has 0 saturated carbocycles. The molecule has 10 nitrogen and oxygen atoms in total. The van der Waals surface area contributed by atoms with Gasteiger partial charge in [0.05, 0.1) is 37.6 Å². The first kappa shape index (κ1) is 23.2. The van der Waals surface area contributed by atoms with Crippen molar-refractivity contribution in [2.75, 3.05) is 37.7 Å². The molecule has 0 saturated heterocycles. The number of nitrogens with one attached hydrogen (secondary N) is 2. The van der Waals surface area contributed by atoms with Gasteiger partial charge in [0.15, 0.2) is 17.3 Å². The molecule has 0 bridgehead atoms. The smallest absolute Gasteiger partial charge is 0.336 e. The number of fused-ring (bicyclic) bond motifs is 1. The Kier molecular flexibility index (Phi) is 6.20. The highest BCUT2D eigenvalue weighted by Gasteiger charge is 2.38. The van der Waals surface area contributed by atoms with Crippen LogP contribution < -0.4 is 25.8 Å². The van der Waals surface area contributed by atoms with Crippen molar-refractivity contribution < 1.29 is 28.3 Å². The number of esters is 1. The van der Waals surface area contributed by atoms with Gasteiger partial charge >= 0.3 is 5.97 Å². The van der Waals surface area contributed by atoms with Gasteiger partial charge in [-0.15, -0.1) is 11.3 Å². The van der Waals surface area contributed by atoms with Crippen LogP contribution in [-0.4, -0.2) is 38.4 Å². The number of carbonyl (C=O) groups excluding carboxylic acids is 2. The van der Waals surface area contributed by atoms with Crippen LogP contribution in [-0.2, 0) is 9.53 Å². The molecule has 4 rings (SSSR count). The van der Waals surface area contributed by atoms with Crippen molar-refractivity contribution in [2.24, 2.45) is 0 Å². The van der Waals surface area contributed by atoms with Crippen LogP contribution in [0.3, 0.4) is 0 Å². The van der Waals surface area contributed by atoms with Crippen LogP contribution in [0.25, 0.3) is 0 Å². The summed E-state index contributed by atoms with van der Waals surface area (Å²) in [6.07, 6.45) is 0. The number of allylic oxidation sites excluding steroid dienone is 1. The van der Waals surface area contributed by atoms with Gasteiger partial charge < -0.3 is 35.1 Å². The summed E-state index contributed by atoms with van der Waals surface area (Å²) in [5.41, 5.74) is 9.08. The molecule has 1 aromatic carbocycles. The van der Waals surface area contributed by atoms with Crippen molar-refractivity contribution in [3.05, 3.63) is 57.3 Å². The lowest BCUT2D eigenvalue weighted by atomic mass is 9.81. The predicted octanol–water partition coefficient (Wildman–Crippen LogP) is 3.90. The Labute approximate surface area is 199 Å². The average Bonchev–Trinajstić information content (AvgIpc) is 3.39. The van der Waals surface area contributed by atoms with Crippen LogP contribution in [0.15, 0.2) is 40.1 Å². The van der Waals surface area contributed by atoms with Gasteiger partial charge in [-0.05, 0) is 31.5 Å². The molecule has 0 radical (unpaired) electrons. The van der Waals surface area contributed by atoms with E-state index in [1.165, 1.54) is 25.6 Å². The number of nitrogens with zero attached hydrogens (tertiary/aromatic N) is 1. The van der Waals surface area contributed by atoms with Crippen LogP contribution in [0.2, 0.25) is 0 Å². The van der Waals surface area contributed by atoms with E-state index in [1.807, 2.05) is 6.07 Å². The molecule has 0 spiro atoms. The fraction of sp³-hybridized carbons (Fsp3) is 0.261. The third-order valence-electron chi connectivity index (χ3n) is 5.49. The Morgan fingerprint density at radius 1 is 1.15 bits per heavy atom. The van der Waals surface area contributed by atoms with Crippen molar-refractivity contribution in [3.8, 4) is 11.5 Å². The zero-order valence-electron chi connectivity index (χ0n) is 19.3. The Balaban J connectivity index is 1.84. The zero-order chi connectivity index (χ0) is 24.6. The third kappa shape index (κ3) is 3.94. The Morgan fingerprint density at radius 3 is 2.50 bits per heavy atom. The standard InChI is InChI=1S/C23H24N4O6S/c1-10-8-15(27-33-10)26-21(28)20-19(24)18-17(12-6-7-13(30-3)14(9-12)31-4)16(23(29)32-5)11(2)25-22(18)34-20/h6-9,17,25H,24H2,1-5H3,(H,26,27,28)/t17-/m1/s1. The summed E-state index contributed by atoms with van der Waals surface area (Å²) < 4.78 is 20.9. The molecular weight excluding hydrogens is 460 g/mol. The largest absolute Gasteiger partial charge is 0.493 e. The maximum absolute atomic E-state index is 13.0. The summed E-state index contributed by atoms with van der Waals surface area (Å²) in [5.74, 6) is 0.335. The van der Waals surface area contributed by atoms with Gasteiger partial charge in [-0.2, -0.15) is 0 Å². The normalized spacial score (nSPS) is 14.8. The molecule has 178 valence electrons. The number of thiophene rings is 1. The SMILES string of the molecule is COC(=O)C1=C(C)Nc2sc(C(=O)Nc3cc(C)on3)c(N)c2[C@@H]1c1ccc(OC)c(OC)c1. The average molecular weight is 485 g/mol. The van der Waals surface area contributed by atoms with Gasteiger partial charge in [0.25, 0.3) is 5.91 Å². The lowest BCUT2D eigenvalue weighted by molar-refractivity contribution is -0.136. The first-order valence-electron chi connectivity index (χ1n) is 10.2. The maximum atomic E-state index is 13.0. The van der Waals surface area contributed by atoms with Crippen molar-refractivity contribution in [2.45, 2.75) is 19.8 Å². The lowest BCUT2D eigenvalue weighted by Gasteiger charge is -2.28. The van der Waals surface area contributed by atoms with E-state index in [9.17, 15) is 9.59 Å². The molecule has 2 aromatic heterocycles. The van der Waals surface area contributed by atoms with Gasteiger partial charge in [0, 0.05) is 23.2 Å². The molecule has 1 aliphatic rings. The fourth-order valence-electron chi connectivity index (χ4n) is 3.95. The number of amides is 1. The molecule has 3 aromatic rings. The van der Waals surface area contributed by atoms with E-state index in [4.69, 9.17) is 24.5 Å². The lowest BCUT2D eigenvalue weighted by Crippen LogP contribution is -2.23. The van der Waals surface area contributed by atoms with Crippen molar-refractivity contribution in [1.29, 1.82) is 0 Å². The van der Waals surface area contributed by atoms with E-state index in [-0.39, 0.29) is 16.4 Å². The van der Waals surface area contributed by atoms with E-state index < -0.39 is 17.8 Å². The highest BCUT2D eigenvalue weighted by molar-refractivity contribution is 7.19. The van der Waals surface area contributed by atoms with Gasteiger partial charge in [-0.3, -0.25) is 4.79 Å². The number of nitrogens with two attached hydrogens (primary N) is 1. The minimum absolute atomic E-state index is 0.249. The first-order valence-corrected chi connectivity index (χ1v) is 11.1. The van der Waals surface area contributed by atoms with Crippen molar-refractivity contribution >= 4 is 39.7 Å². The summed E-state index contributed by atoms with van der Waals surface area (Å²) >= 11 is 1.19. The van der Waals surface area contributed by atoms with Crippen molar-refractivity contribution in [3.63, 3.8) is 0 Å². The number of nitrogen functional groups attached to an aromatic ring is 1. The molecule has 0 aliphatic carbocycles. The molecule has 34 heavy (non-hydrogen) atoms. The summed E-state index contributed by atoms with van der Waals surface area (Å²) in [6.45, 7) is 3.50. The van der Waals surface area contributed by atoms with E-state index in [0.717, 1.165) is 5.56 Å². The monoisotopic (exact) mass is 484 g/mol. The fourth-order valence-corrected chi connectivity index (χ4v) is 5.06. The molecule has 0 fully saturated rings. The summed E-state index contributed by atoms with van der Waals surface area (Å²) in [7, 11) is 4.40. The number of carbonyl (C=O) groups is 2. The van der Waals surface area contributed by atoms with Gasteiger partial charge in [0.2, 0.25) is 0 Å². The number of ether oxygens (including phenoxy) is 3. The van der Waals surface area contributed by atoms with E-state index >= 15 is 0 Å². The number of benzene rings is 1. The third-order valence-corrected chi connectivity index (χ3v) is 6.62. The number of methoxy groups -OCH3 is 3. The summed E-state index contributed by atoms with van der Waals surface area (Å²) in [6, 6.07) is 6.97. The number of rotatable bonds is 6. The number of aromatic nitrogens is 1. The van der Waals surface area contributed by atoms with Crippen molar-refractivity contribution in [1.82, 2.24) is 5.16 Å². The van der Waals surface area contributed by atoms with E-state index in [0.29, 0.717) is 39.1 Å². The number of hydrogen-bond donors (Lipinski definition) is 3. The molecule has 0 unspecified atom stereocenters. The molecule has 4 N–H and O–H groups in total. The molecule has 3 heterocycles. The van der Waals surface area contributed by atoms with Crippen LogP contribution >= 0.6 is 11.3 Å². The van der Waals surface area contributed by atoms with Gasteiger partial charge in [0.1, 0.15) is 10.6 Å². The molecule has 11 heteroatoms.